The predicted octanol–water partition coefficient (Wildman–Crippen LogP) is 0.466. The second-order valence-corrected chi connectivity index (χ2v) is 4.84. The average molecular weight is 249 g/mol. The van der Waals surface area contributed by atoms with E-state index < -0.39 is 5.60 Å². The van der Waals surface area contributed by atoms with E-state index in [1.807, 2.05) is 40.9 Å². The van der Waals surface area contributed by atoms with E-state index in [2.05, 4.69) is 4.98 Å². The number of rotatable bonds is 5. The van der Waals surface area contributed by atoms with Gasteiger partial charge in [0.1, 0.15) is 5.65 Å². The number of nitrogens with zero attached hydrogens (tertiary/aromatic N) is 3. The first-order valence-corrected chi connectivity index (χ1v) is 5.98. The highest BCUT2D eigenvalue weighted by molar-refractivity contribution is 5.43. The van der Waals surface area contributed by atoms with E-state index in [0.29, 0.717) is 13.1 Å². The summed E-state index contributed by atoms with van der Waals surface area (Å²) in [5.74, 6) is 0. The third-order valence-electron chi connectivity index (χ3n) is 3.08. The molecule has 1 atom stereocenters. The number of aliphatic hydroxyl groups is 2. The summed E-state index contributed by atoms with van der Waals surface area (Å²) in [6.07, 6.45) is 5.48. The Kier molecular flexibility index (Phi) is 3.65. The van der Waals surface area contributed by atoms with Crippen LogP contribution in [0.2, 0.25) is 0 Å². The molecule has 0 saturated heterocycles. The Morgan fingerprint density at radius 2 is 2.22 bits per heavy atom. The number of pyridine rings is 1. The lowest BCUT2D eigenvalue weighted by atomic mass is 9.96. The van der Waals surface area contributed by atoms with Gasteiger partial charge in [0.15, 0.2) is 0 Å². The Labute approximate surface area is 106 Å². The van der Waals surface area contributed by atoms with Gasteiger partial charge >= 0.3 is 0 Å². The Morgan fingerprint density at radius 3 is 2.94 bits per heavy atom. The molecule has 5 heteroatoms. The average Bonchev–Trinajstić information content (AvgIpc) is 2.75. The molecule has 0 spiro atoms. The van der Waals surface area contributed by atoms with E-state index in [4.69, 9.17) is 5.11 Å². The second kappa shape index (κ2) is 5.06. The van der Waals surface area contributed by atoms with Crippen molar-refractivity contribution in [3.63, 3.8) is 0 Å². The molecule has 0 bridgehead atoms. The summed E-state index contributed by atoms with van der Waals surface area (Å²) < 4.78 is 1.90. The fourth-order valence-electron chi connectivity index (χ4n) is 2.11. The van der Waals surface area contributed by atoms with Gasteiger partial charge in [-0.2, -0.15) is 0 Å². The van der Waals surface area contributed by atoms with Crippen LogP contribution in [0.4, 0.5) is 0 Å². The van der Waals surface area contributed by atoms with Gasteiger partial charge in [0.25, 0.3) is 0 Å². The van der Waals surface area contributed by atoms with Crippen molar-refractivity contribution >= 4 is 5.65 Å². The monoisotopic (exact) mass is 249 g/mol. The fraction of sp³-hybridized carbons (Fsp3) is 0.462. The highest BCUT2D eigenvalue weighted by Gasteiger charge is 2.25. The Bertz CT molecular complexity index is 522. The minimum Gasteiger partial charge on any atom is -0.395 e. The molecule has 0 aliphatic heterocycles. The van der Waals surface area contributed by atoms with Gasteiger partial charge < -0.3 is 19.5 Å². The highest BCUT2D eigenvalue weighted by Crippen LogP contribution is 2.22. The molecular formula is C13H19N3O2. The molecule has 2 N–H and O–H groups in total. The third kappa shape index (κ3) is 2.69. The van der Waals surface area contributed by atoms with Gasteiger partial charge in [-0.25, -0.2) is 4.98 Å². The quantitative estimate of drug-likeness (QED) is 0.808. The minimum atomic E-state index is -0.961. The summed E-state index contributed by atoms with van der Waals surface area (Å²) in [6, 6.07) is 3.77. The maximum atomic E-state index is 10.5. The van der Waals surface area contributed by atoms with Crippen LogP contribution in [0.5, 0.6) is 0 Å². The molecule has 18 heavy (non-hydrogen) atoms. The van der Waals surface area contributed by atoms with Gasteiger partial charge in [0.2, 0.25) is 0 Å². The summed E-state index contributed by atoms with van der Waals surface area (Å²) in [5, 5.41) is 19.4. The molecule has 0 amide bonds. The zero-order valence-electron chi connectivity index (χ0n) is 10.7. The van der Waals surface area contributed by atoms with Crippen LogP contribution in [-0.4, -0.2) is 51.2 Å². The molecule has 2 aromatic rings. The zero-order valence-corrected chi connectivity index (χ0v) is 10.7. The zero-order chi connectivity index (χ0) is 13.2. The third-order valence-corrected chi connectivity index (χ3v) is 3.08. The van der Waals surface area contributed by atoms with E-state index in [-0.39, 0.29) is 6.61 Å². The lowest BCUT2D eigenvalue weighted by molar-refractivity contribution is 0.0197. The number of hydrogen-bond donors (Lipinski definition) is 2. The maximum Gasteiger partial charge on any atom is 0.137 e. The molecular weight excluding hydrogens is 230 g/mol. The molecule has 2 heterocycles. The summed E-state index contributed by atoms with van der Waals surface area (Å²) >= 11 is 0. The lowest BCUT2D eigenvalue weighted by Crippen LogP contribution is -2.38. The SMILES string of the molecule is CN(CCO)CC(C)(O)c1ccn2ccnc2c1. The van der Waals surface area contributed by atoms with Crippen molar-refractivity contribution in [2.75, 3.05) is 26.7 Å². The Balaban J connectivity index is 2.22. The van der Waals surface area contributed by atoms with Gasteiger partial charge in [0.05, 0.1) is 12.2 Å². The van der Waals surface area contributed by atoms with Crippen molar-refractivity contribution in [3.05, 3.63) is 36.3 Å². The number of aromatic nitrogens is 2. The van der Waals surface area contributed by atoms with Crippen LogP contribution in [0.1, 0.15) is 12.5 Å². The van der Waals surface area contributed by atoms with Gasteiger partial charge in [-0.15, -0.1) is 0 Å². The highest BCUT2D eigenvalue weighted by atomic mass is 16.3. The smallest absolute Gasteiger partial charge is 0.137 e. The molecule has 0 aliphatic rings. The van der Waals surface area contributed by atoms with Crippen LogP contribution in [0, 0.1) is 0 Å². The van der Waals surface area contributed by atoms with Gasteiger partial charge in [0, 0.05) is 31.7 Å². The molecule has 98 valence electrons. The molecule has 2 rings (SSSR count). The number of fused-ring (bicyclic) bond motifs is 1. The Morgan fingerprint density at radius 1 is 1.44 bits per heavy atom. The molecule has 0 saturated carbocycles. The van der Waals surface area contributed by atoms with Crippen molar-refractivity contribution in [1.29, 1.82) is 0 Å². The maximum absolute atomic E-state index is 10.5. The van der Waals surface area contributed by atoms with Gasteiger partial charge in [-0.3, -0.25) is 0 Å². The van der Waals surface area contributed by atoms with Crippen LogP contribution in [-0.2, 0) is 5.60 Å². The minimum absolute atomic E-state index is 0.0892. The second-order valence-electron chi connectivity index (χ2n) is 4.84. The van der Waals surface area contributed by atoms with Crippen molar-refractivity contribution in [2.24, 2.45) is 0 Å². The lowest BCUT2D eigenvalue weighted by Gasteiger charge is -2.29. The van der Waals surface area contributed by atoms with Crippen LogP contribution >= 0.6 is 0 Å². The van der Waals surface area contributed by atoms with Gasteiger partial charge in [-0.1, -0.05) is 0 Å². The normalized spacial score (nSPS) is 15.2. The topological polar surface area (TPSA) is 61.0 Å². The summed E-state index contributed by atoms with van der Waals surface area (Å²) in [5.41, 5.74) is 0.682. The molecule has 2 aromatic heterocycles. The predicted molar refractivity (Wildman–Crippen MR) is 69.3 cm³/mol. The molecule has 0 aromatic carbocycles. The summed E-state index contributed by atoms with van der Waals surface area (Å²) in [7, 11) is 1.87. The van der Waals surface area contributed by atoms with E-state index >= 15 is 0 Å². The summed E-state index contributed by atoms with van der Waals surface area (Å²) in [4.78, 5) is 6.11. The molecule has 1 unspecified atom stereocenters. The summed E-state index contributed by atoms with van der Waals surface area (Å²) in [6.45, 7) is 2.87. The van der Waals surface area contributed by atoms with Crippen molar-refractivity contribution in [1.82, 2.24) is 14.3 Å². The van der Waals surface area contributed by atoms with Crippen molar-refractivity contribution < 1.29 is 10.2 Å². The van der Waals surface area contributed by atoms with Crippen molar-refractivity contribution in [3.8, 4) is 0 Å². The number of likely N-dealkylation sites (N-methyl/N-ethyl adjacent to an activating group) is 1. The van der Waals surface area contributed by atoms with E-state index in [0.717, 1.165) is 11.2 Å². The fourth-order valence-corrected chi connectivity index (χ4v) is 2.11. The molecule has 0 fully saturated rings. The number of aliphatic hydroxyl groups excluding tert-OH is 1. The standard InChI is InChI=1S/C13H19N3O2/c1-13(18,10-15(2)7-8-17)11-3-5-16-6-4-14-12(16)9-11/h3-6,9,17-18H,7-8,10H2,1-2H3. The first-order chi connectivity index (χ1) is 8.53. The first kappa shape index (κ1) is 13.0. The number of hydrogen-bond acceptors (Lipinski definition) is 4. The van der Waals surface area contributed by atoms with Crippen LogP contribution in [0.3, 0.4) is 0 Å². The first-order valence-electron chi connectivity index (χ1n) is 5.98. The van der Waals surface area contributed by atoms with E-state index in [9.17, 15) is 5.11 Å². The van der Waals surface area contributed by atoms with Crippen LogP contribution in [0.25, 0.3) is 5.65 Å². The van der Waals surface area contributed by atoms with Gasteiger partial charge in [-0.05, 0) is 31.7 Å². The van der Waals surface area contributed by atoms with E-state index in [1.165, 1.54) is 0 Å². The molecule has 5 nitrogen and oxygen atoms in total. The largest absolute Gasteiger partial charge is 0.395 e. The van der Waals surface area contributed by atoms with Crippen molar-refractivity contribution in [2.45, 2.75) is 12.5 Å². The molecule has 0 aliphatic carbocycles. The number of imidazole rings is 1. The van der Waals surface area contributed by atoms with Crippen LogP contribution < -0.4 is 0 Å². The van der Waals surface area contributed by atoms with E-state index in [1.54, 1.807) is 13.1 Å². The Hall–Kier alpha value is -1.43. The van der Waals surface area contributed by atoms with Crippen LogP contribution in [0.15, 0.2) is 30.7 Å². The molecule has 0 radical (unpaired) electrons.